The minimum absolute atomic E-state index is 0.713. The van der Waals surface area contributed by atoms with Crippen molar-refractivity contribution in [3.63, 3.8) is 0 Å². The molecule has 1 nitrogen and oxygen atoms in total. The van der Waals surface area contributed by atoms with Crippen LogP contribution >= 0.6 is 0 Å². The zero-order valence-electron chi connectivity index (χ0n) is 9.53. The second-order valence-corrected chi connectivity index (χ2v) is 4.71. The van der Waals surface area contributed by atoms with Gasteiger partial charge in [-0.3, -0.25) is 0 Å². The van der Waals surface area contributed by atoms with Crippen LogP contribution in [0, 0.1) is 11.3 Å². The van der Waals surface area contributed by atoms with Crippen LogP contribution in [0.4, 0.5) is 0 Å². The quantitative estimate of drug-likeness (QED) is 0.705. The summed E-state index contributed by atoms with van der Waals surface area (Å²) in [6.45, 7) is 5.95. The van der Waals surface area contributed by atoms with Crippen LogP contribution in [0.15, 0.2) is 0 Å². The lowest BCUT2D eigenvalue weighted by molar-refractivity contribution is 0.136. The number of hydrogen-bond donors (Lipinski definition) is 1. The standard InChI is InChI=1S/C12H25N/c1-4-12(5-2)8-6-11(7-9-12)10-13-3/h11,13H,4-10H2,1-3H3. The number of hydrogen-bond acceptors (Lipinski definition) is 1. The largest absolute Gasteiger partial charge is 0.319 e. The van der Waals surface area contributed by atoms with Crippen LogP contribution in [0.25, 0.3) is 0 Å². The average Bonchev–Trinajstić information content (AvgIpc) is 2.20. The van der Waals surface area contributed by atoms with E-state index in [2.05, 4.69) is 26.2 Å². The predicted octanol–water partition coefficient (Wildman–Crippen LogP) is 3.20. The summed E-state index contributed by atoms with van der Waals surface area (Å²) in [4.78, 5) is 0. The van der Waals surface area contributed by atoms with Crippen molar-refractivity contribution in [2.45, 2.75) is 52.4 Å². The zero-order valence-corrected chi connectivity index (χ0v) is 9.53. The first-order valence-corrected chi connectivity index (χ1v) is 5.91. The Bertz CT molecular complexity index is 128. The van der Waals surface area contributed by atoms with Crippen molar-refractivity contribution < 1.29 is 0 Å². The summed E-state index contributed by atoms with van der Waals surface area (Å²) >= 11 is 0. The van der Waals surface area contributed by atoms with Gasteiger partial charge in [-0.05, 0) is 50.6 Å². The van der Waals surface area contributed by atoms with Gasteiger partial charge in [-0.2, -0.15) is 0 Å². The molecule has 0 unspecified atom stereocenters. The molecule has 0 saturated heterocycles. The molecule has 0 amide bonds. The van der Waals surface area contributed by atoms with Crippen LogP contribution in [0.5, 0.6) is 0 Å². The fourth-order valence-electron chi connectivity index (χ4n) is 2.74. The van der Waals surface area contributed by atoms with Crippen molar-refractivity contribution in [2.75, 3.05) is 13.6 Å². The fraction of sp³-hybridized carbons (Fsp3) is 1.00. The Morgan fingerprint density at radius 3 is 2.08 bits per heavy atom. The molecule has 1 aliphatic carbocycles. The third kappa shape index (κ3) is 2.70. The first kappa shape index (κ1) is 11.0. The maximum atomic E-state index is 3.30. The highest BCUT2D eigenvalue weighted by Crippen LogP contribution is 2.43. The molecule has 1 saturated carbocycles. The predicted molar refractivity (Wildman–Crippen MR) is 58.9 cm³/mol. The molecule has 0 radical (unpaired) electrons. The Balaban J connectivity index is 2.36. The van der Waals surface area contributed by atoms with Crippen LogP contribution in [-0.2, 0) is 0 Å². The lowest BCUT2D eigenvalue weighted by Gasteiger charge is -2.39. The molecule has 13 heavy (non-hydrogen) atoms. The van der Waals surface area contributed by atoms with E-state index in [9.17, 15) is 0 Å². The highest BCUT2D eigenvalue weighted by atomic mass is 14.8. The molecular weight excluding hydrogens is 158 g/mol. The lowest BCUT2D eigenvalue weighted by atomic mass is 9.67. The molecule has 1 heteroatoms. The Morgan fingerprint density at radius 1 is 1.15 bits per heavy atom. The van der Waals surface area contributed by atoms with Crippen molar-refractivity contribution in [3.8, 4) is 0 Å². The Morgan fingerprint density at radius 2 is 1.69 bits per heavy atom. The average molecular weight is 183 g/mol. The van der Waals surface area contributed by atoms with Crippen LogP contribution in [-0.4, -0.2) is 13.6 Å². The third-order valence-corrected chi connectivity index (χ3v) is 4.16. The molecule has 0 spiro atoms. The summed E-state index contributed by atoms with van der Waals surface area (Å²) in [5.41, 5.74) is 0.713. The van der Waals surface area contributed by atoms with Gasteiger partial charge in [-0.15, -0.1) is 0 Å². The summed E-state index contributed by atoms with van der Waals surface area (Å²) in [5.74, 6) is 0.955. The zero-order chi connectivity index (χ0) is 9.73. The molecule has 0 aliphatic heterocycles. The van der Waals surface area contributed by atoms with E-state index < -0.39 is 0 Å². The van der Waals surface area contributed by atoms with E-state index in [0.717, 1.165) is 5.92 Å². The van der Waals surface area contributed by atoms with E-state index in [1.807, 2.05) is 0 Å². The first-order chi connectivity index (χ1) is 6.26. The second-order valence-electron chi connectivity index (χ2n) is 4.71. The minimum Gasteiger partial charge on any atom is -0.319 e. The normalized spacial score (nSPS) is 23.3. The maximum absolute atomic E-state index is 3.30. The van der Waals surface area contributed by atoms with Gasteiger partial charge in [0.2, 0.25) is 0 Å². The van der Waals surface area contributed by atoms with Crippen molar-refractivity contribution in [2.24, 2.45) is 11.3 Å². The highest BCUT2D eigenvalue weighted by molar-refractivity contribution is 4.84. The minimum atomic E-state index is 0.713. The summed E-state index contributed by atoms with van der Waals surface area (Å²) in [6, 6.07) is 0. The van der Waals surface area contributed by atoms with Gasteiger partial charge in [0.25, 0.3) is 0 Å². The Hall–Kier alpha value is -0.0400. The van der Waals surface area contributed by atoms with E-state index in [0.29, 0.717) is 5.41 Å². The molecule has 1 N–H and O–H groups in total. The van der Waals surface area contributed by atoms with Crippen LogP contribution in [0.3, 0.4) is 0 Å². The first-order valence-electron chi connectivity index (χ1n) is 5.91. The molecule has 78 valence electrons. The van der Waals surface area contributed by atoms with Gasteiger partial charge in [-0.1, -0.05) is 26.7 Å². The molecule has 1 rings (SSSR count). The van der Waals surface area contributed by atoms with E-state index in [1.165, 1.54) is 45.1 Å². The molecular formula is C12H25N. The topological polar surface area (TPSA) is 12.0 Å². The molecule has 0 aromatic carbocycles. The van der Waals surface area contributed by atoms with Crippen LogP contribution < -0.4 is 5.32 Å². The summed E-state index contributed by atoms with van der Waals surface area (Å²) < 4.78 is 0. The van der Waals surface area contributed by atoms with Crippen molar-refractivity contribution in [1.29, 1.82) is 0 Å². The summed E-state index contributed by atoms with van der Waals surface area (Å²) in [6.07, 6.45) is 8.59. The molecule has 0 aromatic heterocycles. The van der Waals surface area contributed by atoms with Gasteiger partial charge in [0, 0.05) is 0 Å². The maximum Gasteiger partial charge on any atom is -0.00235 e. The second kappa shape index (κ2) is 4.99. The van der Waals surface area contributed by atoms with Crippen LogP contribution in [0.1, 0.15) is 52.4 Å². The molecule has 0 aromatic rings. The molecule has 1 aliphatic rings. The van der Waals surface area contributed by atoms with Gasteiger partial charge < -0.3 is 5.32 Å². The van der Waals surface area contributed by atoms with E-state index >= 15 is 0 Å². The fourth-order valence-corrected chi connectivity index (χ4v) is 2.74. The van der Waals surface area contributed by atoms with Gasteiger partial charge >= 0.3 is 0 Å². The number of rotatable bonds is 4. The van der Waals surface area contributed by atoms with E-state index in [4.69, 9.17) is 0 Å². The van der Waals surface area contributed by atoms with Crippen molar-refractivity contribution >= 4 is 0 Å². The van der Waals surface area contributed by atoms with E-state index in [-0.39, 0.29) is 0 Å². The summed E-state index contributed by atoms with van der Waals surface area (Å²) in [5, 5.41) is 3.30. The van der Waals surface area contributed by atoms with E-state index in [1.54, 1.807) is 0 Å². The molecule has 1 fully saturated rings. The third-order valence-electron chi connectivity index (χ3n) is 4.16. The van der Waals surface area contributed by atoms with Gasteiger partial charge in [-0.25, -0.2) is 0 Å². The van der Waals surface area contributed by atoms with Gasteiger partial charge in [0.15, 0.2) is 0 Å². The summed E-state index contributed by atoms with van der Waals surface area (Å²) in [7, 11) is 2.07. The monoisotopic (exact) mass is 183 g/mol. The molecule has 0 bridgehead atoms. The van der Waals surface area contributed by atoms with Gasteiger partial charge in [0.1, 0.15) is 0 Å². The van der Waals surface area contributed by atoms with Crippen molar-refractivity contribution in [3.05, 3.63) is 0 Å². The highest BCUT2D eigenvalue weighted by Gasteiger charge is 2.31. The Kier molecular flexibility index (Phi) is 4.24. The smallest absolute Gasteiger partial charge is 0.00235 e. The van der Waals surface area contributed by atoms with Gasteiger partial charge in [0.05, 0.1) is 0 Å². The number of nitrogens with one attached hydrogen (secondary N) is 1. The molecule has 0 heterocycles. The Labute approximate surface area is 83.3 Å². The van der Waals surface area contributed by atoms with Crippen molar-refractivity contribution in [1.82, 2.24) is 5.32 Å². The van der Waals surface area contributed by atoms with Crippen LogP contribution in [0.2, 0.25) is 0 Å². The lowest BCUT2D eigenvalue weighted by Crippen LogP contribution is -2.30. The SMILES string of the molecule is CCC1(CC)CCC(CNC)CC1. The molecule has 0 atom stereocenters.